The summed E-state index contributed by atoms with van der Waals surface area (Å²) in [5, 5.41) is 5.78. The molecule has 0 atom stereocenters. The molecular weight excluding hydrogens is 258 g/mol. The molecule has 0 radical (unpaired) electrons. The van der Waals surface area contributed by atoms with Gasteiger partial charge in [0.2, 0.25) is 0 Å². The van der Waals surface area contributed by atoms with Crippen LogP contribution in [0.2, 0.25) is 0 Å². The van der Waals surface area contributed by atoms with Crippen LogP contribution in [0.1, 0.15) is 48.9 Å². The number of hydrogen-bond donors (Lipinski definition) is 1. The third-order valence-corrected chi connectivity index (χ3v) is 4.48. The van der Waals surface area contributed by atoms with Gasteiger partial charge in [-0.2, -0.15) is 0 Å². The van der Waals surface area contributed by atoms with Crippen molar-refractivity contribution in [2.45, 2.75) is 44.6 Å². The lowest BCUT2D eigenvalue weighted by Crippen LogP contribution is -2.33. The molecule has 1 saturated carbocycles. The predicted molar refractivity (Wildman–Crippen MR) is 87.8 cm³/mol. The molecule has 2 nitrogen and oxygen atoms in total. The molecule has 2 heteroatoms. The molecule has 0 saturated heterocycles. The van der Waals surface area contributed by atoms with Crippen LogP contribution in [0, 0.1) is 0 Å². The van der Waals surface area contributed by atoms with Crippen LogP contribution in [0.5, 0.6) is 0 Å². The molecule has 0 spiro atoms. The summed E-state index contributed by atoms with van der Waals surface area (Å²) in [5.74, 6) is 0.199. The van der Waals surface area contributed by atoms with Crippen molar-refractivity contribution in [3.05, 3.63) is 48.0 Å². The second-order valence-corrected chi connectivity index (χ2v) is 6.05. The summed E-state index contributed by atoms with van der Waals surface area (Å²) in [4.78, 5) is 12.4. The van der Waals surface area contributed by atoms with E-state index in [-0.39, 0.29) is 5.78 Å². The van der Waals surface area contributed by atoms with Gasteiger partial charge in [0, 0.05) is 11.6 Å². The molecule has 110 valence electrons. The van der Waals surface area contributed by atoms with Crippen LogP contribution in [-0.4, -0.2) is 18.4 Å². The molecule has 1 fully saturated rings. The Labute approximate surface area is 126 Å². The number of hydrogen-bond acceptors (Lipinski definition) is 2. The van der Waals surface area contributed by atoms with Crippen molar-refractivity contribution in [2.75, 3.05) is 6.54 Å². The second kappa shape index (κ2) is 6.86. The molecule has 0 unspecified atom stereocenters. The highest BCUT2D eigenvalue weighted by molar-refractivity contribution is 6.01. The fourth-order valence-electron chi connectivity index (χ4n) is 3.19. The summed E-state index contributed by atoms with van der Waals surface area (Å²) < 4.78 is 0. The minimum absolute atomic E-state index is 0.199. The van der Waals surface area contributed by atoms with Crippen LogP contribution < -0.4 is 5.32 Å². The lowest BCUT2D eigenvalue weighted by Gasteiger charge is -2.15. The number of Topliss-reactive ketones (excluding diaryl/α,β-unsaturated/α-hetero) is 1. The lowest BCUT2D eigenvalue weighted by molar-refractivity contribution is 0.0986. The molecule has 0 bridgehead atoms. The minimum Gasteiger partial charge on any atom is -0.307 e. The number of nitrogens with one attached hydrogen (secondary N) is 1. The molecule has 21 heavy (non-hydrogen) atoms. The molecule has 0 aromatic heterocycles. The molecule has 0 amide bonds. The van der Waals surface area contributed by atoms with Crippen LogP contribution in [0.4, 0.5) is 0 Å². The van der Waals surface area contributed by atoms with E-state index in [2.05, 4.69) is 17.4 Å². The minimum atomic E-state index is 0.199. The molecule has 3 rings (SSSR count). The van der Waals surface area contributed by atoms with E-state index in [9.17, 15) is 4.79 Å². The molecule has 1 aliphatic rings. The summed E-state index contributed by atoms with van der Waals surface area (Å²) in [5.41, 5.74) is 0.815. The van der Waals surface area contributed by atoms with Gasteiger partial charge < -0.3 is 5.32 Å². The van der Waals surface area contributed by atoms with Gasteiger partial charge in [-0.1, -0.05) is 62.1 Å². The zero-order chi connectivity index (χ0) is 14.5. The smallest absolute Gasteiger partial charge is 0.176 e. The van der Waals surface area contributed by atoms with Crippen molar-refractivity contribution in [3.63, 3.8) is 0 Å². The van der Waals surface area contributed by atoms with E-state index in [4.69, 9.17) is 0 Å². The lowest BCUT2D eigenvalue weighted by atomic mass is 10.0. The quantitative estimate of drug-likeness (QED) is 0.667. The zero-order valence-electron chi connectivity index (χ0n) is 12.5. The van der Waals surface area contributed by atoms with Gasteiger partial charge in [-0.15, -0.1) is 0 Å². The molecule has 2 aromatic rings. The number of carbonyl (C=O) groups excluding carboxylic acids is 1. The predicted octanol–water partition coefficient (Wildman–Crippen LogP) is 4.33. The summed E-state index contributed by atoms with van der Waals surface area (Å²) in [7, 11) is 0. The van der Waals surface area contributed by atoms with Gasteiger partial charge in [0.15, 0.2) is 5.78 Å². The van der Waals surface area contributed by atoms with Gasteiger partial charge in [0.05, 0.1) is 6.54 Å². The first kappa shape index (κ1) is 14.3. The van der Waals surface area contributed by atoms with E-state index in [1.807, 2.05) is 30.3 Å². The van der Waals surface area contributed by atoms with Crippen LogP contribution in [0.3, 0.4) is 0 Å². The monoisotopic (exact) mass is 281 g/mol. The van der Waals surface area contributed by atoms with Gasteiger partial charge in [-0.25, -0.2) is 0 Å². The van der Waals surface area contributed by atoms with Gasteiger partial charge in [0.25, 0.3) is 0 Å². The zero-order valence-corrected chi connectivity index (χ0v) is 12.5. The highest BCUT2D eigenvalue weighted by Crippen LogP contribution is 2.18. The van der Waals surface area contributed by atoms with Crippen LogP contribution in [0.15, 0.2) is 42.5 Å². The largest absolute Gasteiger partial charge is 0.307 e. The van der Waals surface area contributed by atoms with Crippen molar-refractivity contribution in [2.24, 2.45) is 0 Å². The van der Waals surface area contributed by atoms with E-state index in [0.29, 0.717) is 12.6 Å². The van der Waals surface area contributed by atoms with E-state index >= 15 is 0 Å². The van der Waals surface area contributed by atoms with Crippen molar-refractivity contribution in [1.29, 1.82) is 0 Å². The Kier molecular flexibility index (Phi) is 4.66. The average Bonchev–Trinajstić information content (AvgIpc) is 2.81. The Morgan fingerprint density at radius 3 is 2.43 bits per heavy atom. The van der Waals surface area contributed by atoms with Gasteiger partial charge in [-0.3, -0.25) is 4.79 Å². The third kappa shape index (κ3) is 3.70. The summed E-state index contributed by atoms with van der Waals surface area (Å²) in [6.45, 7) is 0.461. The van der Waals surface area contributed by atoms with Crippen LogP contribution in [0.25, 0.3) is 10.8 Å². The Balaban J connectivity index is 1.63. The number of benzene rings is 2. The summed E-state index contributed by atoms with van der Waals surface area (Å²) in [6.07, 6.45) is 7.70. The first-order chi connectivity index (χ1) is 10.3. The fraction of sp³-hybridized carbons (Fsp3) is 0.421. The number of rotatable bonds is 4. The highest BCUT2D eigenvalue weighted by atomic mass is 16.1. The van der Waals surface area contributed by atoms with Crippen LogP contribution >= 0.6 is 0 Å². The van der Waals surface area contributed by atoms with E-state index in [1.165, 1.54) is 43.9 Å². The van der Waals surface area contributed by atoms with Crippen molar-refractivity contribution in [1.82, 2.24) is 5.32 Å². The second-order valence-electron chi connectivity index (χ2n) is 6.05. The fourth-order valence-corrected chi connectivity index (χ4v) is 3.19. The van der Waals surface area contributed by atoms with E-state index in [0.717, 1.165) is 10.9 Å². The molecular formula is C19H23NO. The maximum Gasteiger partial charge on any atom is 0.176 e. The topological polar surface area (TPSA) is 29.1 Å². The third-order valence-electron chi connectivity index (χ3n) is 4.48. The van der Waals surface area contributed by atoms with Crippen molar-refractivity contribution >= 4 is 16.6 Å². The van der Waals surface area contributed by atoms with E-state index in [1.54, 1.807) is 0 Å². The first-order valence-electron chi connectivity index (χ1n) is 8.08. The number of fused-ring (bicyclic) bond motifs is 1. The number of carbonyl (C=O) groups is 1. The Bertz CT molecular complexity index is 612. The van der Waals surface area contributed by atoms with Crippen molar-refractivity contribution < 1.29 is 4.79 Å². The maximum absolute atomic E-state index is 12.4. The highest BCUT2D eigenvalue weighted by Gasteiger charge is 2.13. The number of ketones is 1. The molecule has 2 aromatic carbocycles. The van der Waals surface area contributed by atoms with Crippen molar-refractivity contribution in [3.8, 4) is 0 Å². The molecule has 1 N–H and O–H groups in total. The summed E-state index contributed by atoms with van der Waals surface area (Å²) in [6, 6.07) is 14.7. The standard InChI is InChI=1S/C19H23NO/c21-19(14-20-18-9-3-1-2-4-10-18)17-12-11-15-7-5-6-8-16(15)13-17/h5-8,11-13,18,20H,1-4,9-10,14H2. The molecule has 0 heterocycles. The SMILES string of the molecule is O=C(CNC1CCCCCC1)c1ccc2ccccc2c1. The maximum atomic E-state index is 12.4. The average molecular weight is 281 g/mol. The first-order valence-corrected chi connectivity index (χ1v) is 8.08. The van der Waals surface area contributed by atoms with Gasteiger partial charge >= 0.3 is 0 Å². The van der Waals surface area contributed by atoms with E-state index < -0.39 is 0 Å². The normalized spacial score (nSPS) is 16.8. The Hall–Kier alpha value is -1.67. The molecule has 0 aliphatic heterocycles. The molecule has 1 aliphatic carbocycles. The Morgan fingerprint density at radius 2 is 1.67 bits per heavy atom. The van der Waals surface area contributed by atoms with Gasteiger partial charge in [-0.05, 0) is 29.7 Å². The van der Waals surface area contributed by atoms with Crippen LogP contribution in [-0.2, 0) is 0 Å². The Morgan fingerprint density at radius 1 is 0.952 bits per heavy atom. The summed E-state index contributed by atoms with van der Waals surface area (Å²) >= 11 is 0. The van der Waals surface area contributed by atoms with Gasteiger partial charge in [0.1, 0.15) is 0 Å².